The molecule has 1 heteroatoms. The Balaban J connectivity index is 4.09. The monoisotopic (exact) mass is 262 g/mol. The molecule has 1 unspecified atom stereocenters. The topological polar surface area (TPSA) is 17.1 Å². The van der Waals surface area contributed by atoms with Crippen molar-refractivity contribution >= 4 is 5.78 Å². The van der Waals surface area contributed by atoms with Gasteiger partial charge in [0.1, 0.15) is 0 Å². The zero-order valence-electron chi connectivity index (χ0n) is 13.5. The van der Waals surface area contributed by atoms with Gasteiger partial charge in [-0.05, 0) is 64.5 Å². The van der Waals surface area contributed by atoms with Gasteiger partial charge in [0.05, 0.1) is 0 Å². The number of ketones is 1. The molecule has 0 aromatic heterocycles. The number of carbonyl (C=O) groups is 1. The molecule has 108 valence electrons. The molecular formula is C18H30O. The lowest BCUT2D eigenvalue weighted by molar-refractivity contribution is -0.114. The third-order valence-corrected chi connectivity index (χ3v) is 3.52. The van der Waals surface area contributed by atoms with Gasteiger partial charge in [-0.3, -0.25) is 4.79 Å². The molecule has 0 amide bonds. The Morgan fingerprint density at radius 1 is 1.16 bits per heavy atom. The Hall–Kier alpha value is -1.11. The van der Waals surface area contributed by atoms with E-state index in [9.17, 15) is 4.79 Å². The second-order valence-electron chi connectivity index (χ2n) is 5.77. The van der Waals surface area contributed by atoms with Crippen molar-refractivity contribution in [1.29, 1.82) is 0 Å². The molecule has 0 saturated carbocycles. The number of hydrogen-bond donors (Lipinski definition) is 0. The number of hydrogen-bond acceptors (Lipinski definition) is 1. The molecule has 0 radical (unpaired) electrons. The molecular weight excluding hydrogens is 232 g/mol. The fourth-order valence-corrected chi connectivity index (χ4v) is 1.72. The predicted molar refractivity (Wildman–Crippen MR) is 85.3 cm³/mol. The van der Waals surface area contributed by atoms with E-state index in [0.717, 1.165) is 12.0 Å². The highest BCUT2D eigenvalue weighted by Gasteiger charge is 2.01. The third-order valence-electron chi connectivity index (χ3n) is 3.52. The van der Waals surface area contributed by atoms with Crippen molar-refractivity contribution < 1.29 is 4.79 Å². The average molecular weight is 262 g/mol. The van der Waals surface area contributed by atoms with Gasteiger partial charge >= 0.3 is 0 Å². The van der Waals surface area contributed by atoms with Gasteiger partial charge in [0, 0.05) is 6.42 Å². The minimum Gasteiger partial charge on any atom is -0.295 e. The molecule has 1 nitrogen and oxygen atoms in total. The molecule has 0 aliphatic heterocycles. The summed E-state index contributed by atoms with van der Waals surface area (Å²) in [6, 6.07) is 0. The highest BCUT2D eigenvalue weighted by molar-refractivity contribution is 5.90. The van der Waals surface area contributed by atoms with Gasteiger partial charge in [-0.2, -0.15) is 0 Å². The maximum Gasteiger partial charge on any atom is 0.155 e. The minimum atomic E-state index is 0.203. The van der Waals surface area contributed by atoms with Crippen molar-refractivity contribution in [3.63, 3.8) is 0 Å². The fraction of sp³-hybridized carbons (Fsp3) is 0.611. The van der Waals surface area contributed by atoms with E-state index in [2.05, 4.69) is 39.8 Å². The molecule has 0 aliphatic carbocycles. The first-order chi connectivity index (χ1) is 8.86. The molecule has 0 N–H and O–H groups in total. The SMILES string of the molecule is CCC(=O)C=C(C)C=CCC(C)CCC(C)=C(C)C. The van der Waals surface area contributed by atoms with E-state index in [4.69, 9.17) is 0 Å². The summed E-state index contributed by atoms with van der Waals surface area (Å²) < 4.78 is 0. The minimum absolute atomic E-state index is 0.203. The van der Waals surface area contributed by atoms with E-state index < -0.39 is 0 Å². The normalized spacial score (nSPS) is 13.7. The van der Waals surface area contributed by atoms with Crippen LogP contribution in [0.25, 0.3) is 0 Å². The maximum absolute atomic E-state index is 11.2. The Morgan fingerprint density at radius 2 is 1.79 bits per heavy atom. The van der Waals surface area contributed by atoms with Crippen molar-refractivity contribution in [3.8, 4) is 0 Å². The lowest BCUT2D eigenvalue weighted by Gasteiger charge is -2.09. The van der Waals surface area contributed by atoms with Crippen LogP contribution in [0.1, 0.15) is 67.2 Å². The molecule has 0 aromatic rings. The molecule has 0 bridgehead atoms. The molecule has 0 spiro atoms. The first-order valence-corrected chi connectivity index (χ1v) is 7.37. The average Bonchev–Trinajstić information content (AvgIpc) is 2.35. The molecule has 1 atom stereocenters. The summed E-state index contributed by atoms with van der Waals surface area (Å²) in [6.07, 6.45) is 10.1. The summed E-state index contributed by atoms with van der Waals surface area (Å²) in [6.45, 7) is 12.8. The van der Waals surface area contributed by atoms with Crippen LogP contribution in [0.2, 0.25) is 0 Å². The van der Waals surface area contributed by atoms with Crippen molar-refractivity contribution in [1.82, 2.24) is 0 Å². The molecule has 0 aliphatic rings. The van der Waals surface area contributed by atoms with E-state index in [-0.39, 0.29) is 5.78 Å². The Morgan fingerprint density at radius 3 is 2.32 bits per heavy atom. The Labute approximate surface area is 119 Å². The van der Waals surface area contributed by atoms with Gasteiger partial charge in [0.2, 0.25) is 0 Å². The first kappa shape index (κ1) is 17.9. The van der Waals surface area contributed by atoms with E-state index in [1.807, 2.05) is 13.8 Å². The predicted octanol–water partition coefficient (Wildman–Crippen LogP) is 5.63. The van der Waals surface area contributed by atoms with E-state index >= 15 is 0 Å². The number of allylic oxidation sites excluding steroid dienone is 6. The highest BCUT2D eigenvalue weighted by Crippen LogP contribution is 2.17. The van der Waals surface area contributed by atoms with Gasteiger partial charge in [0.15, 0.2) is 5.78 Å². The van der Waals surface area contributed by atoms with Gasteiger partial charge in [0.25, 0.3) is 0 Å². The van der Waals surface area contributed by atoms with E-state index in [0.29, 0.717) is 12.3 Å². The third kappa shape index (κ3) is 9.47. The van der Waals surface area contributed by atoms with Crippen LogP contribution in [-0.4, -0.2) is 5.78 Å². The summed E-state index contributed by atoms with van der Waals surface area (Å²) >= 11 is 0. The number of carbonyl (C=O) groups excluding carboxylic acids is 1. The van der Waals surface area contributed by atoms with Gasteiger partial charge in [-0.1, -0.05) is 37.1 Å². The lowest BCUT2D eigenvalue weighted by atomic mass is 9.97. The number of rotatable bonds is 8. The van der Waals surface area contributed by atoms with Gasteiger partial charge in [-0.15, -0.1) is 0 Å². The van der Waals surface area contributed by atoms with Crippen molar-refractivity contribution in [2.24, 2.45) is 5.92 Å². The zero-order chi connectivity index (χ0) is 14.8. The summed E-state index contributed by atoms with van der Waals surface area (Å²) in [7, 11) is 0. The summed E-state index contributed by atoms with van der Waals surface area (Å²) in [5.74, 6) is 0.898. The zero-order valence-corrected chi connectivity index (χ0v) is 13.5. The Kier molecular flexibility index (Phi) is 9.20. The van der Waals surface area contributed by atoms with Crippen molar-refractivity contribution in [3.05, 3.63) is 34.9 Å². The van der Waals surface area contributed by atoms with Crippen LogP contribution in [0, 0.1) is 5.92 Å². The largest absolute Gasteiger partial charge is 0.295 e. The van der Waals surface area contributed by atoms with Crippen LogP contribution in [0.4, 0.5) is 0 Å². The van der Waals surface area contributed by atoms with Crippen molar-refractivity contribution in [2.75, 3.05) is 0 Å². The second-order valence-corrected chi connectivity index (χ2v) is 5.77. The van der Waals surface area contributed by atoms with Gasteiger partial charge < -0.3 is 0 Å². The summed E-state index contributed by atoms with van der Waals surface area (Å²) in [4.78, 5) is 11.2. The smallest absolute Gasteiger partial charge is 0.155 e. The quantitative estimate of drug-likeness (QED) is 0.315. The molecule has 0 heterocycles. The molecule has 0 fully saturated rings. The lowest BCUT2D eigenvalue weighted by Crippen LogP contribution is -1.94. The van der Waals surface area contributed by atoms with Crippen molar-refractivity contribution in [2.45, 2.75) is 67.2 Å². The molecule has 0 aromatic carbocycles. The molecule has 19 heavy (non-hydrogen) atoms. The van der Waals surface area contributed by atoms with Crippen LogP contribution in [-0.2, 0) is 4.79 Å². The maximum atomic E-state index is 11.2. The van der Waals surface area contributed by atoms with Crippen LogP contribution in [0.3, 0.4) is 0 Å². The van der Waals surface area contributed by atoms with Crippen LogP contribution in [0.15, 0.2) is 34.9 Å². The van der Waals surface area contributed by atoms with Gasteiger partial charge in [-0.25, -0.2) is 0 Å². The first-order valence-electron chi connectivity index (χ1n) is 7.37. The summed E-state index contributed by atoms with van der Waals surface area (Å²) in [5.41, 5.74) is 4.01. The molecule has 0 saturated heterocycles. The highest BCUT2D eigenvalue weighted by atomic mass is 16.1. The Bertz CT molecular complexity index is 365. The second kappa shape index (κ2) is 9.77. The summed E-state index contributed by atoms with van der Waals surface area (Å²) in [5, 5.41) is 0. The standard InChI is InChI=1S/C18H30O/c1-7-18(19)13-16(5)10-8-9-15(4)11-12-17(6)14(2)3/h8,10,13,15H,7,9,11-12H2,1-6H3. The van der Waals surface area contributed by atoms with E-state index in [1.165, 1.54) is 24.0 Å². The van der Waals surface area contributed by atoms with Crippen LogP contribution >= 0.6 is 0 Å². The van der Waals surface area contributed by atoms with E-state index in [1.54, 1.807) is 6.08 Å². The molecule has 0 rings (SSSR count). The van der Waals surface area contributed by atoms with Crippen LogP contribution in [0.5, 0.6) is 0 Å². The fourth-order valence-electron chi connectivity index (χ4n) is 1.72. The van der Waals surface area contributed by atoms with Crippen LogP contribution < -0.4 is 0 Å².